The van der Waals surface area contributed by atoms with Crippen LogP contribution in [0.5, 0.6) is 5.75 Å². The molecule has 2 N–H and O–H groups in total. The van der Waals surface area contributed by atoms with Gasteiger partial charge in [0.05, 0.1) is 5.69 Å². The van der Waals surface area contributed by atoms with Gasteiger partial charge in [0.25, 0.3) is 11.8 Å². The number of anilines is 2. The lowest BCUT2D eigenvalue weighted by Crippen LogP contribution is -2.54. The second-order valence-electron chi connectivity index (χ2n) is 8.83. The normalized spacial score (nSPS) is 14.6. The van der Waals surface area contributed by atoms with Crippen molar-refractivity contribution in [1.82, 2.24) is 5.32 Å². The SMILES string of the molecule is CCc1cccc(C)c1NC(=O)CN1C(=O)C(C)(C)Oc2ccc(C(=O)NC(C)C)cc21. The Balaban J connectivity index is 1.93. The fraction of sp³-hybridized carbons (Fsp3) is 0.400. The van der Waals surface area contributed by atoms with E-state index in [2.05, 4.69) is 10.6 Å². The van der Waals surface area contributed by atoms with Crippen LogP contribution < -0.4 is 20.3 Å². The van der Waals surface area contributed by atoms with Gasteiger partial charge in [-0.15, -0.1) is 0 Å². The van der Waals surface area contributed by atoms with Gasteiger partial charge in [-0.25, -0.2) is 0 Å². The highest BCUT2D eigenvalue weighted by molar-refractivity contribution is 6.09. The van der Waals surface area contributed by atoms with Gasteiger partial charge in [-0.2, -0.15) is 0 Å². The van der Waals surface area contributed by atoms with Crippen molar-refractivity contribution in [1.29, 1.82) is 0 Å². The van der Waals surface area contributed by atoms with E-state index >= 15 is 0 Å². The topological polar surface area (TPSA) is 87.7 Å². The monoisotopic (exact) mass is 437 g/mol. The number of aryl methyl sites for hydroxylation is 2. The van der Waals surface area contributed by atoms with Gasteiger partial charge in [0, 0.05) is 17.3 Å². The summed E-state index contributed by atoms with van der Waals surface area (Å²) in [6.45, 7) is 10.9. The van der Waals surface area contributed by atoms with E-state index in [1.165, 1.54) is 4.90 Å². The van der Waals surface area contributed by atoms with Gasteiger partial charge in [0.2, 0.25) is 5.91 Å². The van der Waals surface area contributed by atoms with E-state index < -0.39 is 5.60 Å². The second kappa shape index (κ2) is 9.02. The largest absolute Gasteiger partial charge is 0.476 e. The molecule has 1 aliphatic rings. The fourth-order valence-electron chi connectivity index (χ4n) is 3.74. The third-order valence-corrected chi connectivity index (χ3v) is 5.36. The first-order valence-electron chi connectivity index (χ1n) is 10.9. The molecular formula is C25H31N3O4. The van der Waals surface area contributed by atoms with Crippen molar-refractivity contribution < 1.29 is 19.1 Å². The Morgan fingerprint density at radius 3 is 2.53 bits per heavy atom. The average molecular weight is 438 g/mol. The Morgan fingerprint density at radius 1 is 1.16 bits per heavy atom. The van der Waals surface area contributed by atoms with Crippen molar-refractivity contribution in [2.24, 2.45) is 0 Å². The number of carbonyl (C=O) groups is 3. The summed E-state index contributed by atoms with van der Waals surface area (Å²) in [5.74, 6) is -0.462. The summed E-state index contributed by atoms with van der Waals surface area (Å²) in [6.07, 6.45) is 0.776. The maximum Gasteiger partial charge on any atom is 0.271 e. The van der Waals surface area contributed by atoms with Crippen LogP contribution in [0.4, 0.5) is 11.4 Å². The number of amides is 3. The van der Waals surface area contributed by atoms with E-state index in [9.17, 15) is 14.4 Å². The number of benzene rings is 2. The number of carbonyl (C=O) groups excluding carboxylic acids is 3. The van der Waals surface area contributed by atoms with Crippen LogP contribution in [0.1, 0.15) is 56.1 Å². The molecule has 0 aliphatic carbocycles. The van der Waals surface area contributed by atoms with Gasteiger partial charge >= 0.3 is 0 Å². The summed E-state index contributed by atoms with van der Waals surface area (Å²) >= 11 is 0. The molecule has 170 valence electrons. The molecule has 0 unspecified atom stereocenters. The predicted molar refractivity (Wildman–Crippen MR) is 125 cm³/mol. The number of nitrogens with zero attached hydrogens (tertiary/aromatic N) is 1. The summed E-state index contributed by atoms with van der Waals surface area (Å²) in [4.78, 5) is 40.1. The van der Waals surface area contributed by atoms with Crippen molar-refractivity contribution in [2.75, 3.05) is 16.8 Å². The third-order valence-electron chi connectivity index (χ3n) is 5.36. The Hall–Kier alpha value is -3.35. The van der Waals surface area contributed by atoms with E-state index in [1.54, 1.807) is 32.0 Å². The first kappa shape index (κ1) is 23.3. The minimum absolute atomic E-state index is 0.0286. The van der Waals surface area contributed by atoms with Gasteiger partial charge < -0.3 is 15.4 Å². The molecule has 2 aromatic rings. The van der Waals surface area contributed by atoms with E-state index in [4.69, 9.17) is 4.74 Å². The van der Waals surface area contributed by atoms with Crippen molar-refractivity contribution in [2.45, 2.75) is 59.6 Å². The van der Waals surface area contributed by atoms with Crippen LogP contribution in [-0.4, -0.2) is 35.9 Å². The first-order chi connectivity index (χ1) is 15.0. The molecular weight excluding hydrogens is 406 g/mol. The highest BCUT2D eigenvalue weighted by atomic mass is 16.5. The smallest absolute Gasteiger partial charge is 0.271 e. The van der Waals surface area contributed by atoms with Crippen LogP contribution in [0.3, 0.4) is 0 Å². The van der Waals surface area contributed by atoms with Crippen LogP contribution in [-0.2, 0) is 16.0 Å². The third kappa shape index (κ3) is 4.77. The van der Waals surface area contributed by atoms with Crippen LogP contribution in [0.2, 0.25) is 0 Å². The fourth-order valence-corrected chi connectivity index (χ4v) is 3.74. The molecule has 0 aromatic heterocycles. The van der Waals surface area contributed by atoms with Crippen molar-refractivity contribution in [3.8, 4) is 5.75 Å². The summed E-state index contributed by atoms with van der Waals surface area (Å²) in [5.41, 5.74) is 2.42. The number of hydrogen-bond acceptors (Lipinski definition) is 4. The molecule has 3 rings (SSSR count). The minimum atomic E-state index is -1.13. The maximum absolute atomic E-state index is 13.2. The Kier molecular flexibility index (Phi) is 6.57. The van der Waals surface area contributed by atoms with Gasteiger partial charge in [0.15, 0.2) is 5.60 Å². The summed E-state index contributed by atoms with van der Waals surface area (Å²) < 4.78 is 5.88. The minimum Gasteiger partial charge on any atom is -0.476 e. The van der Waals surface area contributed by atoms with E-state index in [-0.39, 0.29) is 30.3 Å². The van der Waals surface area contributed by atoms with E-state index in [0.717, 1.165) is 23.2 Å². The number of nitrogens with one attached hydrogen (secondary N) is 2. The van der Waals surface area contributed by atoms with Gasteiger partial charge in [-0.3, -0.25) is 19.3 Å². The molecule has 0 bridgehead atoms. The second-order valence-corrected chi connectivity index (χ2v) is 8.83. The molecule has 32 heavy (non-hydrogen) atoms. The zero-order valence-corrected chi connectivity index (χ0v) is 19.5. The number of para-hydroxylation sites is 1. The summed E-state index contributed by atoms with van der Waals surface area (Å²) in [5, 5.41) is 5.80. The number of hydrogen-bond donors (Lipinski definition) is 2. The van der Waals surface area contributed by atoms with E-state index in [0.29, 0.717) is 17.0 Å². The molecule has 1 heterocycles. The first-order valence-corrected chi connectivity index (χ1v) is 10.9. The molecule has 2 aromatic carbocycles. The molecule has 0 fully saturated rings. The highest BCUT2D eigenvalue weighted by Crippen LogP contribution is 2.38. The lowest BCUT2D eigenvalue weighted by atomic mass is 10.0. The maximum atomic E-state index is 13.2. The zero-order chi connectivity index (χ0) is 23.6. The molecule has 7 heteroatoms. The van der Waals surface area contributed by atoms with Crippen molar-refractivity contribution in [3.63, 3.8) is 0 Å². The van der Waals surface area contributed by atoms with Crippen LogP contribution >= 0.6 is 0 Å². The molecule has 0 spiro atoms. The van der Waals surface area contributed by atoms with Crippen molar-refractivity contribution >= 4 is 29.1 Å². The quantitative estimate of drug-likeness (QED) is 0.719. The van der Waals surface area contributed by atoms with Crippen molar-refractivity contribution in [3.05, 3.63) is 53.1 Å². The van der Waals surface area contributed by atoms with Gasteiger partial charge in [-0.1, -0.05) is 25.1 Å². The average Bonchev–Trinajstić information content (AvgIpc) is 2.72. The Morgan fingerprint density at radius 2 is 1.88 bits per heavy atom. The Bertz CT molecular complexity index is 1060. The summed E-state index contributed by atoms with van der Waals surface area (Å²) in [6, 6.07) is 10.8. The molecule has 0 saturated carbocycles. The molecule has 3 amide bonds. The number of ether oxygens (including phenoxy) is 1. The van der Waals surface area contributed by atoms with Gasteiger partial charge in [0.1, 0.15) is 12.3 Å². The molecule has 0 atom stereocenters. The van der Waals surface area contributed by atoms with Crippen LogP contribution in [0.25, 0.3) is 0 Å². The molecule has 0 radical (unpaired) electrons. The summed E-state index contributed by atoms with van der Waals surface area (Å²) in [7, 11) is 0. The molecule has 1 aliphatic heterocycles. The molecule has 7 nitrogen and oxygen atoms in total. The predicted octanol–water partition coefficient (Wildman–Crippen LogP) is 3.84. The lowest BCUT2D eigenvalue weighted by molar-refractivity contribution is -0.133. The number of fused-ring (bicyclic) bond motifs is 1. The van der Waals surface area contributed by atoms with Gasteiger partial charge in [-0.05, 0) is 70.4 Å². The molecule has 0 saturated heterocycles. The van der Waals surface area contributed by atoms with Crippen LogP contribution in [0, 0.1) is 6.92 Å². The zero-order valence-electron chi connectivity index (χ0n) is 19.5. The number of rotatable bonds is 6. The standard InChI is InChI=1S/C25H31N3O4/c1-7-17-10-8-9-16(4)22(17)27-21(29)14-28-19-13-18(23(30)26-15(2)3)11-12-20(19)32-25(5,6)24(28)31/h8-13,15H,7,14H2,1-6H3,(H,26,30)(H,27,29). The van der Waals surface area contributed by atoms with Crippen LogP contribution in [0.15, 0.2) is 36.4 Å². The lowest BCUT2D eigenvalue weighted by Gasteiger charge is -2.38. The van der Waals surface area contributed by atoms with E-state index in [1.807, 2.05) is 45.9 Å². The highest BCUT2D eigenvalue weighted by Gasteiger charge is 2.42. The Labute approximate surface area is 189 Å².